The molecular weight excluding hydrogens is 553 g/mol. The molecule has 2 aromatic rings. The van der Waals surface area contributed by atoms with Gasteiger partial charge in [0.15, 0.2) is 12.6 Å². The molecule has 7 nitrogen and oxygen atoms in total. The summed E-state index contributed by atoms with van der Waals surface area (Å²) in [5.74, 6) is -0.785. The number of fused-ring (bicyclic) bond motifs is 1. The minimum absolute atomic E-state index is 0.00488. The summed E-state index contributed by atoms with van der Waals surface area (Å²) in [5.41, 5.74) is 1.84. The van der Waals surface area contributed by atoms with Crippen LogP contribution in [0.25, 0.3) is 0 Å². The van der Waals surface area contributed by atoms with E-state index in [1.807, 2.05) is 60.7 Å². The normalized spacial score (nSPS) is 30.4. The van der Waals surface area contributed by atoms with Crippen molar-refractivity contribution in [3.05, 3.63) is 71.8 Å². The van der Waals surface area contributed by atoms with Gasteiger partial charge in [0.1, 0.15) is 24.4 Å². The SMILES string of the molecule is O=C(N[C@H]1[C@H](OC2CCCCC2)O[C@@H]2COC(c3ccccc3)O[C@@H]2[C@@H]1OCc1ccccc1)C(Cl)(Cl)Cl. The van der Waals surface area contributed by atoms with Crippen LogP contribution < -0.4 is 5.32 Å². The molecule has 1 amide bonds. The Morgan fingerprint density at radius 1 is 0.947 bits per heavy atom. The standard InChI is InChI=1S/C28H32Cl3NO6/c29-28(30,31)27(33)32-22-24(34-16-18-10-4-1-5-11-18)23-21(37-26(22)36-20-14-8-3-9-15-20)17-35-25(38-23)19-12-6-2-7-13-19/h1-2,4-7,10-13,20-26H,3,8-9,14-17H2,(H,32,33)/t21-,22-,23+,24-,25?,26-/m1/s1. The Hall–Kier alpha value is -1.42. The summed E-state index contributed by atoms with van der Waals surface area (Å²) in [4.78, 5) is 12.9. The summed E-state index contributed by atoms with van der Waals surface area (Å²) in [7, 11) is 0. The lowest BCUT2D eigenvalue weighted by atomic mass is 9.94. The lowest BCUT2D eigenvalue weighted by Gasteiger charge is -2.50. The Kier molecular flexibility index (Phi) is 9.50. The molecule has 3 fully saturated rings. The molecule has 38 heavy (non-hydrogen) atoms. The Balaban J connectivity index is 1.43. The van der Waals surface area contributed by atoms with Crippen molar-refractivity contribution in [1.82, 2.24) is 5.32 Å². The second-order valence-corrected chi connectivity index (χ2v) is 12.2. The molecule has 3 aliphatic rings. The minimum Gasteiger partial charge on any atom is -0.368 e. The first kappa shape index (κ1) is 28.1. The molecular formula is C28H32Cl3NO6. The first-order valence-corrected chi connectivity index (χ1v) is 14.2. The van der Waals surface area contributed by atoms with Crippen LogP contribution in [0.4, 0.5) is 0 Å². The van der Waals surface area contributed by atoms with Gasteiger partial charge in [0.2, 0.25) is 0 Å². The van der Waals surface area contributed by atoms with Crippen molar-refractivity contribution in [2.45, 2.75) is 85.5 Å². The fourth-order valence-electron chi connectivity index (χ4n) is 5.21. The first-order chi connectivity index (χ1) is 18.4. The second kappa shape index (κ2) is 12.8. The lowest BCUT2D eigenvalue weighted by Crippen LogP contribution is -2.68. The highest BCUT2D eigenvalue weighted by atomic mass is 35.6. The van der Waals surface area contributed by atoms with E-state index in [1.54, 1.807) is 0 Å². The third kappa shape index (κ3) is 7.01. The van der Waals surface area contributed by atoms with Crippen LogP contribution in [0.15, 0.2) is 60.7 Å². The van der Waals surface area contributed by atoms with Crippen molar-refractivity contribution in [2.24, 2.45) is 0 Å². The van der Waals surface area contributed by atoms with Crippen LogP contribution in [-0.4, -0.2) is 53.1 Å². The zero-order valence-corrected chi connectivity index (χ0v) is 23.1. The highest BCUT2D eigenvalue weighted by molar-refractivity contribution is 6.76. The summed E-state index contributed by atoms with van der Waals surface area (Å²) in [6.45, 7) is 0.552. The minimum atomic E-state index is -2.17. The van der Waals surface area contributed by atoms with E-state index < -0.39 is 46.6 Å². The number of rotatable bonds is 7. The van der Waals surface area contributed by atoms with Crippen LogP contribution in [-0.2, 0) is 35.1 Å². The van der Waals surface area contributed by atoms with Crippen LogP contribution >= 0.6 is 34.8 Å². The van der Waals surface area contributed by atoms with Crippen molar-refractivity contribution in [3.63, 3.8) is 0 Å². The molecule has 2 saturated heterocycles. The van der Waals surface area contributed by atoms with Gasteiger partial charge in [-0.3, -0.25) is 4.79 Å². The highest BCUT2D eigenvalue weighted by Gasteiger charge is 2.53. The van der Waals surface area contributed by atoms with E-state index in [4.69, 9.17) is 58.5 Å². The van der Waals surface area contributed by atoms with Crippen LogP contribution in [0, 0.1) is 0 Å². The second-order valence-electron chi connectivity index (χ2n) is 9.87. The Bertz CT molecular complexity index is 1030. The van der Waals surface area contributed by atoms with Crippen LogP contribution in [0.3, 0.4) is 0 Å². The van der Waals surface area contributed by atoms with E-state index in [9.17, 15) is 4.79 Å². The summed E-state index contributed by atoms with van der Waals surface area (Å²) < 4.78 is 29.6. The zero-order valence-electron chi connectivity index (χ0n) is 20.8. The monoisotopic (exact) mass is 583 g/mol. The van der Waals surface area contributed by atoms with E-state index >= 15 is 0 Å². The Morgan fingerprint density at radius 3 is 2.32 bits per heavy atom. The molecule has 2 heterocycles. The number of amides is 1. The van der Waals surface area contributed by atoms with Crippen LogP contribution in [0.2, 0.25) is 0 Å². The molecule has 1 unspecified atom stereocenters. The summed E-state index contributed by atoms with van der Waals surface area (Å²) in [5, 5.41) is 2.84. The maximum absolute atomic E-state index is 12.9. The van der Waals surface area contributed by atoms with Crippen molar-refractivity contribution in [2.75, 3.05) is 6.61 Å². The molecule has 0 bridgehead atoms. The predicted molar refractivity (Wildman–Crippen MR) is 144 cm³/mol. The van der Waals surface area contributed by atoms with Crippen LogP contribution in [0.1, 0.15) is 49.5 Å². The number of carbonyl (C=O) groups excluding carboxylic acids is 1. The smallest absolute Gasteiger partial charge is 0.272 e. The topological polar surface area (TPSA) is 75.3 Å². The van der Waals surface area contributed by atoms with Gasteiger partial charge in [-0.2, -0.15) is 0 Å². The highest BCUT2D eigenvalue weighted by Crippen LogP contribution is 2.38. The molecule has 0 spiro atoms. The molecule has 206 valence electrons. The maximum atomic E-state index is 12.9. The fourth-order valence-corrected chi connectivity index (χ4v) is 5.37. The molecule has 0 aromatic heterocycles. The van der Waals surface area contributed by atoms with Gasteiger partial charge in [-0.25, -0.2) is 0 Å². The Labute approximate surface area is 237 Å². The third-order valence-corrected chi connectivity index (χ3v) is 7.64. The van der Waals surface area contributed by atoms with Crippen molar-refractivity contribution < 1.29 is 28.5 Å². The van der Waals surface area contributed by atoms with Crippen molar-refractivity contribution in [1.29, 1.82) is 0 Å². The summed E-state index contributed by atoms with van der Waals surface area (Å²) in [6.07, 6.45) is 1.96. The number of hydrogen-bond donors (Lipinski definition) is 1. The quantitative estimate of drug-likeness (QED) is 0.426. The molecule has 10 heteroatoms. The number of ether oxygens (including phenoxy) is 5. The third-order valence-electron chi connectivity index (χ3n) is 7.13. The molecule has 5 rings (SSSR count). The number of alkyl halides is 3. The molecule has 2 aliphatic heterocycles. The van der Waals surface area contributed by atoms with Gasteiger partial charge >= 0.3 is 0 Å². The number of carbonyl (C=O) groups is 1. The van der Waals surface area contributed by atoms with Gasteiger partial charge in [0, 0.05) is 5.56 Å². The molecule has 2 aromatic carbocycles. The van der Waals surface area contributed by atoms with Crippen molar-refractivity contribution in [3.8, 4) is 0 Å². The Morgan fingerprint density at radius 2 is 1.63 bits per heavy atom. The van der Waals surface area contributed by atoms with E-state index in [1.165, 1.54) is 6.42 Å². The van der Waals surface area contributed by atoms with Gasteiger partial charge in [-0.15, -0.1) is 0 Å². The lowest BCUT2D eigenvalue weighted by molar-refractivity contribution is -0.354. The van der Waals surface area contributed by atoms with Gasteiger partial charge in [-0.1, -0.05) is 115 Å². The number of benzene rings is 2. The number of halogens is 3. The average Bonchev–Trinajstić information content (AvgIpc) is 2.93. The summed E-state index contributed by atoms with van der Waals surface area (Å²) in [6, 6.07) is 18.6. The van der Waals surface area contributed by atoms with E-state index in [0.717, 1.165) is 36.8 Å². The van der Waals surface area contributed by atoms with Gasteiger partial charge in [0.05, 0.1) is 19.3 Å². The number of hydrogen-bond acceptors (Lipinski definition) is 6. The van der Waals surface area contributed by atoms with Crippen LogP contribution in [0.5, 0.6) is 0 Å². The van der Waals surface area contributed by atoms with E-state index in [-0.39, 0.29) is 19.3 Å². The fraction of sp³-hybridized carbons (Fsp3) is 0.536. The largest absolute Gasteiger partial charge is 0.368 e. The summed E-state index contributed by atoms with van der Waals surface area (Å²) >= 11 is 17.8. The van der Waals surface area contributed by atoms with E-state index in [2.05, 4.69) is 5.32 Å². The van der Waals surface area contributed by atoms with Gasteiger partial charge in [-0.05, 0) is 18.4 Å². The van der Waals surface area contributed by atoms with Crippen molar-refractivity contribution >= 4 is 40.7 Å². The molecule has 0 radical (unpaired) electrons. The van der Waals surface area contributed by atoms with E-state index in [0.29, 0.717) is 0 Å². The zero-order chi connectivity index (χ0) is 26.5. The molecule has 1 saturated carbocycles. The first-order valence-electron chi connectivity index (χ1n) is 13.0. The van der Waals surface area contributed by atoms with Gasteiger partial charge in [0.25, 0.3) is 9.70 Å². The predicted octanol–water partition coefficient (Wildman–Crippen LogP) is 5.62. The molecule has 6 atom stereocenters. The van der Waals surface area contributed by atoms with Gasteiger partial charge < -0.3 is 29.0 Å². The number of nitrogens with one attached hydrogen (secondary N) is 1. The molecule has 1 aliphatic carbocycles. The molecule has 1 N–H and O–H groups in total. The maximum Gasteiger partial charge on any atom is 0.272 e. The average molecular weight is 585 g/mol.